The summed E-state index contributed by atoms with van der Waals surface area (Å²) in [5.41, 5.74) is 0. The van der Waals surface area contributed by atoms with Gasteiger partial charge < -0.3 is 10.6 Å². The number of carbonyl (C=O) groups is 1. The third-order valence-electron chi connectivity index (χ3n) is 3.11. The van der Waals surface area contributed by atoms with Crippen LogP contribution in [0.1, 0.15) is 47.5 Å². The zero-order valence-corrected chi connectivity index (χ0v) is 10.8. The number of rotatable bonds is 7. The number of carbonyl (C=O) groups excluding carboxylic acids is 1. The van der Waals surface area contributed by atoms with Crippen molar-refractivity contribution in [2.75, 3.05) is 6.54 Å². The van der Waals surface area contributed by atoms with Crippen molar-refractivity contribution in [2.45, 2.75) is 59.5 Å². The van der Waals surface area contributed by atoms with Gasteiger partial charge in [-0.3, -0.25) is 4.79 Å². The molecule has 0 rings (SSSR count). The van der Waals surface area contributed by atoms with Crippen LogP contribution in [0.25, 0.3) is 0 Å². The molecule has 90 valence electrons. The van der Waals surface area contributed by atoms with E-state index in [2.05, 4.69) is 45.3 Å². The maximum absolute atomic E-state index is 11.5. The van der Waals surface area contributed by atoms with Crippen LogP contribution >= 0.6 is 0 Å². The molecule has 3 nitrogen and oxygen atoms in total. The summed E-state index contributed by atoms with van der Waals surface area (Å²) in [5, 5.41) is 6.19. The standard InChI is InChI=1S/C12H26N2O/c1-6-9(3)11(5)14-12(15)8-13-10(4)7-2/h9-11,13H,6-8H2,1-5H3,(H,14,15). The van der Waals surface area contributed by atoms with Crippen LogP contribution in [-0.4, -0.2) is 24.5 Å². The van der Waals surface area contributed by atoms with Crippen LogP contribution in [0.15, 0.2) is 0 Å². The molecule has 3 unspecified atom stereocenters. The second-order valence-corrected chi connectivity index (χ2v) is 4.43. The van der Waals surface area contributed by atoms with E-state index in [4.69, 9.17) is 0 Å². The molecule has 0 aromatic heterocycles. The minimum absolute atomic E-state index is 0.100. The van der Waals surface area contributed by atoms with Gasteiger partial charge in [0.15, 0.2) is 0 Å². The maximum Gasteiger partial charge on any atom is 0.234 e. The lowest BCUT2D eigenvalue weighted by atomic mass is 10.0. The Hall–Kier alpha value is -0.570. The molecular formula is C12H26N2O. The Morgan fingerprint density at radius 2 is 1.73 bits per heavy atom. The largest absolute Gasteiger partial charge is 0.352 e. The van der Waals surface area contributed by atoms with Crippen LogP contribution in [-0.2, 0) is 4.79 Å². The normalized spacial score (nSPS) is 16.9. The highest BCUT2D eigenvalue weighted by Crippen LogP contribution is 2.05. The van der Waals surface area contributed by atoms with Gasteiger partial charge in [-0.15, -0.1) is 0 Å². The third kappa shape index (κ3) is 6.50. The molecule has 0 aliphatic rings. The Morgan fingerprint density at radius 1 is 1.13 bits per heavy atom. The molecule has 0 fully saturated rings. The number of amides is 1. The first-order chi connectivity index (χ1) is 7.01. The summed E-state index contributed by atoms with van der Waals surface area (Å²) in [7, 11) is 0. The summed E-state index contributed by atoms with van der Waals surface area (Å²) >= 11 is 0. The third-order valence-corrected chi connectivity index (χ3v) is 3.11. The van der Waals surface area contributed by atoms with Crippen LogP contribution < -0.4 is 10.6 Å². The van der Waals surface area contributed by atoms with Gasteiger partial charge in [0.2, 0.25) is 5.91 Å². The maximum atomic E-state index is 11.5. The van der Waals surface area contributed by atoms with Gasteiger partial charge in [0.25, 0.3) is 0 Å². The fourth-order valence-electron chi connectivity index (χ4n) is 1.21. The first kappa shape index (κ1) is 14.4. The SMILES string of the molecule is CCC(C)NCC(=O)NC(C)C(C)CC. The van der Waals surface area contributed by atoms with E-state index in [-0.39, 0.29) is 11.9 Å². The Kier molecular flexibility index (Phi) is 7.39. The Morgan fingerprint density at radius 3 is 2.20 bits per heavy atom. The molecule has 0 aliphatic carbocycles. The molecule has 0 bridgehead atoms. The van der Waals surface area contributed by atoms with E-state index >= 15 is 0 Å². The zero-order chi connectivity index (χ0) is 11.8. The highest BCUT2D eigenvalue weighted by atomic mass is 16.1. The number of nitrogens with one attached hydrogen (secondary N) is 2. The summed E-state index contributed by atoms with van der Waals surface area (Å²) in [5.74, 6) is 0.639. The highest BCUT2D eigenvalue weighted by Gasteiger charge is 2.12. The lowest BCUT2D eigenvalue weighted by Crippen LogP contribution is -2.43. The van der Waals surface area contributed by atoms with Crippen molar-refractivity contribution in [3.05, 3.63) is 0 Å². The average molecular weight is 214 g/mol. The molecule has 0 saturated carbocycles. The Bertz CT molecular complexity index is 182. The molecule has 15 heavy (non-hydrogen) atoms. The molecule has 0 aliphatic heterocycles. The van der Waals surface area contributed by atoms with E-state index in [1.165, 1.54) is 0 Å². The molecule has 0 radical (unpaired) electrons. The molecule has 2 N–H and O–H groups in total. The summed E-state index contributed by atoms with van der Waals surface area (Å²) in [4.78, 5) is 11.5. The predicted molar refractivity (Wildman–Crippen MR) is 64.8 cm³/mol. The monoisotopic (exact) mass is 214 g/mol. The fourth-order valence-corrected chi connectivity index (χ4v) is 1.21. The smallest absolute Gasteiger partial charge is 0.234 e. The van der Waals surface area contributed by atoms with Gasteiger partial charge in [0.1, 0.15) is 0 Å². The molecule has 0 heterocycles. The Labute approximate surface area is 94.0 Å². The van der Waals surface area contributed by atoms with E-state index in [1.54, 1.807) is 0 Å². The van der Waals surface area contributed by atoms with Crippen LogP contribution in [0.5, 0.6) is 0 Å². The fraction of sp³-hybridized carbons (Fsp3) is 0.917. The molecule has 1 amide bonds. The van der Waals surface area contributed by atoms with E-state index < -0.39 is 0 Å². The van der Waals surface area contributed by atoms with Gasteiger partial charge in [-0.05, 0) is 26.2 Å². The van der Waals surface area contributed by atoms with Crippen molar-refractivity contribution in [3.8, 4) is 0 Å². The summed E-state index contributed by atoms with van der Waals surface area (Å²) in [6, 6.07) is 0.677. The van der Waals surface area contributed by atoms with Gasteiger partial charge in [0, 0.05) is 12.1 Å². The summed E-state index contributed by atoms with van der Waals surface area (Å²) in [6.45, 7) is 11.0. The molecule has 0 saturated heterocycles. The quantitative estimate of drug-likeness (QED) is 0.680. The van der Waals surface area contributed by atoms with Gasteiger partial charge in [-0.2, -0.15) is 0 Å². The topological polar surface area (TPSA) is 41.1 Å². The van der Waals surface area contributed by atoms with Gasteiger partial charge >= 0.3 is 0 Å². The minimum atomic E-state index is 0.100. The van der Waals surface area contributed by atoms with Crippen LogP contribution in [0.3, 0.4) is 0 Å². The van der Waals surface area contributed by atoms with Crippen molar-refractivity contribution in [1.29, 1.82) is 0 Å². The molecule has 0 spiro atoms. The van der Waals surface area contributed by atoms with E-state index in [9.17, 15) is 4.79 Å². The summed E-state index contributed by atoms with van der Waals surface area (Å²) in [6.07, 6.45) is 2.15. The van der Waals surface area contributed by atoms with Crippen LogP contribution in [0, 0.1) is 5.92 Å². The van der Waals surface area contributed by atoms with Gasteiger partial charge in [0.05, 0.1) is 6.54 Å². The second-order valence-electron chi connectivity index (χ2n) is 4.43. The van der Waals surface area contributed by atoms with Crippen molar-refractivity contribution in [2.24, 2.45) is 5.92 Å². The molecular weight excluding hydrogens is 188 g/mol. The number of hydrogen-bond acceptors (Lipinski definition) is 2. The molecule has 0 aromatic rings. The van der Waals surface area contributed by atoms with Crippen molar-refractivity contribution >= 4 is 5.91 Å². The lowest BCUT2D eigenvalue weighted by molar-refractivity contribution is -0.121. The van der Waals surface area contributed by atoms with E-state index in [1.807, 2.05) is 0 Å². The highest BCUT2D eigenvalue weighted by molar-refractivity contribution is 5.78. The van der Waals surface area contributed by atoms with Crippen LogP contribution in [0.2, 0.25) is 0 Å². The van der Waals surface area contributed by atoms with Crippen molar-refractivity contribution in [1.82, 2.24) is 10.6 Å². The van der Waals surface area contributed by atoms with Gasteiger partial charge in [-0.25, -0.2) is 0 Å². The second kappa shape index (κ2) is 7.69. The minimum Gasteiger partial charge on any atom is -0.352 e. The average Bonchev–Trinajstić information content (AvgIpc) is 2.24. The summed E-state index contributed by atoms with van der Waals surface area (Å²) < 4.78 is 0. The number of hydrogen-bond donors (Lipinski definition) is 2. The lowest BCUT2D eigenvalue weighted by Gasteiger charge is -2.20. The first-order valence-corrected chi connectivity index (χ1v) is 6.03. The van der Waals surface area contributed by atoms with E-state index in [0.717, 1.165) is 12.8 Å². The first-order valence-electron chi connectivity index (χ1n) is 6.03. The van der Waals surface area contributed by atoms with Crippen molar-refractivity contribution < 1.29 is 4.79 Å². The van der Waals surface area contributed by atoms with Crippen molar-refractivity contribution in [3.63, 3.8) is 0 Å². The van der Waals surface area contributed by atoms with E-state index in [0.29, 0.717) is 18.5 Å². The molecule has 3 heteroatoms. The molecule has 3 atom stereocenters. The zero-order valence-electron chi connectivity index (χ0n) is 10.8. The predicted octanol–water partition coefficient (Wildman–Crippen LogP) is 1.93. The van der Waals surface area contributed by atoms with Crippen LogP contribution in [0.4, 0.5) is 0 Å². The molecule has 0 aromatic carbocycles. The van der Waals surface area contributed by atoms with Gasteiger partial charge in [-0.1, -0.05) is 27.2 Å². The Balaban J connectivity index is 3.73.